The van der Waals surface area contributed by atoms with E-state index in [2.05, 4.69) is 15.2 Å². The normalized spacial score (nSPS) is 16.0. The van der Waals surface area contributed by atoms with Crippen molar-refractivity contribution in [2.75, 3.05) is 13.1 Å². The number of carbonyl (C=O) groups excluding carboxylic acids is 1. The zero-order chi connectivity index (χ0) is 16.8. The standard InChI is InChI=1S/C19H22FN3O/c20-18-5-3-15(4-6-18)14-23-10-7-17(8-11-23)19(24)22-13-16-2-1-9-21-12-16/h1-6,9,12,17H,7-8,10-11,13-14H2,(H,22,24). The second kappa shape index (κ2) is 8.02. The van der Waals surface area contributed by atoms with Crippen LogP contribution in [0.2, 0.25) is 0 Å². The molecule has 1 aliphatic heterocycles. The predicted octanol–water partition coefficient (Wildman–Crippen LogP) is 2.75. The molecule has 24 heavy (non-hydrogen) atoms. The molecule has 0 aliphatic carbocycles. The topological polar surface area (TPSA) is 45.2 Å². The number of benzene rings is 1. The third-order valence-electron chi connectivity index (χ3n) is 4.47. The number of nitrogens with zero attached hydrogens (tertiary/aromatic N) is 2. The zero-order valence-electron chi connectivity index (χ0n) is 13.6. The summed E-state index contributed by atoms with van der Waals surface area (Å²) in [5, 5.41) is 3.00. The Balaban J connectivity index is 1.42. The number of hydrogen-bond acceptors (Lipinski definition) is 3. The summed E-state index contributed by atoms with van der Waals surface area (Å²) >= 11 is 0. The first kappa shape index (κ1) is 16.6. The average molecular weight is 327 g/mol. The minimum absolute atomic E-state index is 0.0751. The molecule has 2 heterocycles. The van der Waals surface area contributed by atoms with Gasteiger partial charge in [0.15, 0.2) is 0 Å². The van der Waals surface area contributed by atoms with Crippen LogP contribution in [0.25, 0.3) is 0 Å². The van der Waals surface area contributed by atoms with Crippen molar-refractivity contribution in [3.8, 4) is 0 Å². The van der Waals surface area contributed by atoms with Crippen molar-refractivity contribution in [2.45, 2.75) is 25.9 Å². The molecule has 1 aromatic carbocycles. The maximum absolute atomic E-state index is 12.9. The van der Waals surface area contributed by atoms with Crippen molar-refractivity contribution in [3.63, 3.8) is 0 Å². The summed E-state index contributed by atoms with van der Waals surface area (Å²) in [6.45, 7) is 3.12. The summed E-state index contributed by atoms with van der Waals surface area (Å²) in [4.78, 5) is 18.6. The van der Waals surface area contributed by atoms with Crippen molar-refractivity contribution in [1.29, 1.82) is 0 Å². The van der Waals surface area contributed by atoms with Gasteiger partial charge in [0, 0.05) is 31.4 Å². The second-order valence-corrected chi connectivity index (χ2v) is 6.26. The highest BCUT2D eigenvalue weighted by molar-refractivity contribution is 5.78. The third-order valence-corrected chi connectivity index (χ3v) is 4.47. The first-order valence-corrected chi connectivity index (χ1v) is 8.34. The summed E-state index contributed by atoms with van der Waals surface area (Å²) in [5.74, 6) is -0.00540. The SMILES string of the molecule is O=C(NCc1cccnc1)C1CCN(Cc2ccc(F)cc2)CC1. The minimum atomic E-state index is -0.206. The van der Waals surface area contributed by atoms with Crippen LogP contribution in [0.4, 0.5) is 4.39 Å². The molecule has 1 amide bonds. The molecule has 0 atom stereocenters. The van der Waals surface area contributed by atoms with Crippen LogP contribution >= 0.6 is 0 Å². The summed E-state index contributed by atoms with van der Waals surface area (Å²) < 4.78 is 12.9. The fourth-order valence-corrected chi connectivity index (χ4v) is 3.04. The van der Waals surface area contributed by atoms with Gasteiger partial charge >= 0.3 is 0 Å². The van der Waals surface area contributed by atoms with E-state index in [1.165, 1.54) is 12.1 Å². The first-order chi connectivity index (χ1) is 11.7. The lowest BCUT2D eigenvalue weighted by Crippen LogP contribution is -2.40. The molecule has 1 aliphatic rings. The summed E-state index contributed by atoms with van der Waals surface area (Å²) in [7, 11) is 0. The number of rotatable bonds is 5. The van der Waals surface area contributed by atoms with E-state index in [4.69, 9.17) is 0 Å². The van der Waals surface area contributed by atoms with Gasteiger partial charge in [0.05, 0.1) is 0 Å². The molecule has 4 nitrogen and oxygen atoms in total. The van der Waals surface area contributed by atoms with Crippen molar-refractivity contribution >= 4 is 5.91 Å². The predicted molar refractivity (Wildman–Crippen MR) is 90.5 cm³/mol. The maximum Gasteiger partial charge on any atom is 0.223 e. The van der Waals surface area contributed by atoms with Gasteiger partial charge in [0.2, 0.25) is 5.91 Å². The molecule has 0 spiro atoms. The van der Waals surface area contributed by atoms with E-state index in [9.17, 15) is 9.18 Å². The number of aromatic nitrogens is 1. The zero-order valence-corrected chi connectivity index (χ0v) is 13.6. The minimum Gasteiger partial charge on any atom is -0.352 e. The van der Waals surface area contributed by atoms with Gasteiger partial charge in [-0.1, -0.05) is 18.2 Å². The number of amides is 1. The van der Waals surface area contributed by atoms with E-state index < -0.39 is 0 Å². The highest BCUT2D eigenvalue weighted by Gasteiger charge is 2.24. The van der Waals surface area contributed by atoms with Gasteiger partial charge in [-0.25, -0.2) is 4.39 Å². The van der Waals surface area contributed by atoms with Crippen LogP contribution in [0.15, 0.2) is 48.8 Å². The Morgan fingerprint density at radius 3 is 2.58 bits per heavy atom. The molecule has 0 bridgehead atoms. The van der Waals surface area contributed by atoms with Crippen LogP contribution in [-0.4, -0.2) is 28.9 Å². The Labute approximate surface area is 141 Å². The highest BCUT2D eigenvalue weighted by atomic mass is 19.1. The number of halogens is 1. The van der Waals surface area contributed by atoms with Gasteiger partial charge in [-0.3, -0.25) is 14.7 Å². The van der Waals surface area contributed by atoms with Gasteiger partial charge in [0.1, 0.15) is 5.82 Å². The quantitative estimate of drug-likeness (QED) is 0.918. The van der Waals surface area contributed by atoms with Crippen LogP contribution in [-0.2, 0) is 17.9 Å². The fraction of sp³-hybridized carbons (Fsp3) is 0.368. The molecule has 1 saturated heterocycles. The second-order valence-electron chi connectivity index (χ2n) is 6.26. The van der Waals surface area contributed by atoms with Crippen molar-refractivity contribution in [3.05, 3.63) is 65.7 Å². The van der Waals surface area contributed by atoms with E-state index in [-0.39, 0.29) is 17.6 Å². The lowest BCUT2D eigenvalue weighted by atomic mass is 9.95. The number of piperidine rings is 1. The molecule has 1 N–H and O–H groups in total. The van der Waals surface area contributed by atoms with Crippen LogP contribution in [0.1, 0.15) is 24.0 Å². The largest absolute Gasteiger partial charge is 0.352 e. The van der Waals surface area contributed by atoms with E-state index in [0.29, 0.717) is 6.54 Å². The fourth-order valence-electron chi connectivity index (χ4n) is 3.04. The summed E-state index contributed by atoms with van der Waals surface area (Å²) in [5.41, 5.74) is 2.12. The Bertz CT molecular complexity index is 652. The van der Waals surface area contributed by atoms with Crippen LogP contribution in [0, 0.1) is 11.7 Å². The molecular formula is C19H22FN3O. The van der Waals surface area contributed by atoms with Crippen molar-refractivity contribution in [1.82, 2.24) is 15.2 Å². The molecule has 5 heteroatoms. The van der Waals surface area contributed by atoms with Crippen molar-refractivity contribution < 1.29 is 9.18 Å². The van der Waals surface area contributed by atoms with Gasteiger partial charge in [-0.05, 0) is 55.3 Å². The average Bonchev–Trinajstić information content (AvgIpc) is 2.63. The van der Waals surface area contributed by atoms with E-state index in [0.717, 1.165) is 43.6 Å². The molecule has 0 radical (unpaired) electrons. The molecule has 0 saturated carbocycles. The molecule has 1 fully saturated rings. The molecular weight excluding hydrogens is 305 g/mol. The van der Waals surface area contributed by atoms with Gasteiger partial charge < -0.3 is 5.32 Å². The molecule has 2 aromatic rings. The van der Waals surface area contributed by atoms with E-state index in [1.54, 1.807) is 12.4 Å². The molecule has 126 valence electrons. The number of carbonyl (C=O) groups is 1. The van der Waals surface area contributed by atoms with Gasteiger partial charge in [-0.15, -0.1) is 0 Å². The Kier molecular flexibility index (Phi) is 5.54. The summed E-state index contributed by atoms with van der Waals surface area (Å²) in [6.07, 6.45) is 5.22. The first-order valence-electron chi connectivity index (χ1n) is 8.34. The molecule has 1 aromatic heterocycles. The van der Waals surface area contributed by atoms with Crippen molar-refractivity contribution in [2.24, 2.45) is 5.92 Å². The highest BCUT2D eigenvalue weighted by Crippen LogP contribution is 2.19. The van der Waals surface area contributed by atoms with Crippen LogP contribution in [0.5, 0.6) is 0 Å². The lowest BCUT2D eigenvalue weighted by Gasteiger charge is -2.31. The van der Waals surface area contributed by atoms with E-state index in [1.807, 2.05) is 24.3 Å². The van der Waals surface area contributed by atoms with Gasteiger partial charge in [0.25, 0.3) is 0 Å². The molecule has 3 rings (SSSR count). The van der Waals surface area contributed by atoms with Gasteiger partial charge in [-0.2, -0.15) is 0 Å². The third kappa shape index (κ3) is 4.61. The Morgan fingerprint density at radius 2 is 1.92 bits per heavy atom. The monoisotopic (exact) mass is 327 g/mol. The smallest absolute Gasteiger partial charge is 0.223 e. The Morgan fingerprint density at radius 1 is 1.17 bits per heavy atom. The van der Waals surface area contributed by atoms with Crippen LogP contribution in [0.3, 0.4) is 0 Å². The van der Waals surface area contributed by atoms with E-state index >= 15 is 0 Å². The number of hydrogen-bond donors (Lipinski definition) is 1. The molecule has 0 unspecified atom stereocenters. The van der Waals surface area contributed by atoms with Crippen LogP contribution < -0.4 is 5.32 Å². The number of pyridine rings is 1. The lowest BCUT2D eigenvalue weighted by molar-refractivity contribution is -0.126. The maximum atomic E-state index is 12.9. The Hall–Kier alpha value is -2.27. The number of likely N-dealkylation sites (tertiary alicyclic amines) is 1. The summed E-state index contributed by atoms with van der Waals surface area (Å²) in [6, 6.07) is 10.5. The number of nitrogens with one attached hydrogen (secondary N) is 1.